The predicted octanol–water partition coefficient (Wildman–Crippen LogP) is 7.87. The third-order valence-corrected chi connectivity index (χ3v) is 12.6. The van der Waals surface area contributed by atoms with Crippen LogP contribution in [0, 0.1) is 5.82 Å². The molecule has 0 N–H and O–H groups in total. The van der Waals surface area contributed by atoms with Crippen molar-refractivity contribution in [3.63, 3.8) is 0 Å². The van der Waals surface area contributed by atoms with E-state index >= 15 is 0 Å². The molecule has 0 spiro atoms. The SMILES string of the molecule is CCOc1cc(-c2ccc(F)cc2)c(C2CC2)cc1CN1CCN(S(=O)(=O)Cc2ccc(P(=O)(OC(C)(C)C)OC(C)(C)C)cc2)CC1. The average Bonchev–Trinajstić information content (AvgIpc) is 3.83. The Kier molecular flexibility index (Phi) is 11.0. The summed E-state index contributed by atoms with van der Waals surface area (Å²) in [5, 5.41) is 0.393. The van der Waals surface area contributed by atoms with E-state index < -0.39 is 28.8 Å². The van der Waals surface area contributed by atoms with Gasteiger partial charge in [0.15, 0.2) is 0 Å². The van der Waals surface area contributed by atoms with Gasteiger partial charge in [-0.05, 0) is 126 Å². The van der Waals surface area contributed by atoms with Gasteiger partial charge in [-0.3, -0.25) is 18.5 Å². The number of nitrogens with zero attached hydrogens (tertiary/aromatic N) is 2. The van der Waals surface area contributed by atoms with Crippen molar-refractivity contribution >= 4 is 22.9 Å². The van der Waals surface area contributed by atoms with E-state index in [0.717, 1.165) is 35.3 Å². The molecule has 0 bridgehead atoms. The van der Waals surface area contributed by atoms with E-state index in [2.05, 4.69) is 17.0 Å². The zero-order chi connectivity index (χ0) is 34.9. The summed E-state index contributed by atoms with van der Waals surface area (Å²) < 4.78 is 74.0. The van der Waals surface area contributed by atoms with Gasteiger partial charge in [0.25, 0.3) is 0 Å². The maximum absolute atomic E-state index is 13.9. The molecule has 0 radical (unpaired) electrons. The molecular formula is C37H50FN2O6PS. The quantitative estimate of drug-likeness (QED) is 0.178. The molecule has 3 aromatic rings. The summed E-state index contributed by atoms with van der Waals surface area (Å²) in [6.45, 7) is 16.0. The summed E-state index contributed by atoms with van der Waals surface area (Å²) in [7, 11) is -7.25. The first-order chi connectivity index (χ1) is 22.4. The van der Waals surface area contributed by atoms with Crippen LogP contribution in [0.15, 0.2) is 60.7 Å². The van der Waals surface area contributed by atoms with Gasteiger partial charge in [0.2, 0.25) is 10.0 Å². The number of hydrogen-bond acceptors (Lipinski definition) is 7. The summed E-state index contributed by atoms with van der Waals surface area (Å²) in [4.78, 5) is 2.27. The zero-order valence-electron chi connectivity index (χ0n) is 29.3. The van der Waals surface area contributed by atoms with Gasteiger partial charge >= 0.3 is 7.60 Å². The smallest absolute Gasteiger partial charge is 0.362 e. The van der Waals surface area contributed by atoms with Crippen molar-refractivity contribution in [1.82, 2.24) is 9.21 Å². The monoisotopic (exact) mass is 700 g/mol. The summed E-state index contributed by atoms with van der Waals surface area (Å²) in [5.41, 5.74) is 3.60. The topological polar surface area (TPSA) is 85.4 Å². The zero-order valence-corrected chi connectivity index (χ0v) is 31.0. The van der Waals surface area contributed by atoms with Crippen LogP contribution in [0.2, 0.25) is 0 Å². The molecule has 1 saturated heterocycles. The predicted molar refractivity (Wildman–Crippen MR) is 190 cm³/mol. The van der Waals surface area contributed by atoms with E-state index in [-0.39, 0.29) is 11.6 Å². The second-order valence-electron chi connectivity index (χ2n) is 14.8. The molecule has 3 aromatic carbocycles. The highest BCUT2D eigenvalue weighted by molar-refractivity contribution is 7.88. The van der Waals surface area contributed by atoms with Crippen LogP contribution in [0.3, 0.4) is 0 Å². The summed E-state index contributed by atoms with van der Waals surface area (Å²) >= 11 is 0. The molecule has 1 aliphatic heterocycles. The lowest BCUT2D eigenvalue weighted by Gasteiger charge is -2.34. The molecule has 1 aliphatic carbocycles. The van der Waals surface area contributed by atoms with Gasteiger partial charge in [0.05, 0.1) is 28.9 Å². The Morgan fingerprint density at radius 3 is 1.96 bits per heavy atom. The van der Waals surface area contributed by atoms with E-state index in [1.165, 1.54) is 17.7 Å². The molecule has 8 nitrogen and oxygen atoms in total. The minimum absolute atomic E-state index is 0.151. The van der Waals surface area contributed by atoms with Crippen molar-refractivity contribution in [2.24, 2.45) is 0 Å². The lowest BCUT2D eigenvalue weighted by Crippen LogP contribution is -2.48. The van der Waals surface area contributed by atoms with Gasteiger partial charge in [-0.2, -0.15) is 4.31 Å². The van der Waals surface area contributed by atoms with Crippen LogP contribution >= 0.6 is 7.60 Å². The van der Waals surface area contributed by atoms with Gasteiger partial charge in [-0.1, -0.05) is 24.3 Å². The van der Waals surface area contributed by atoms with E-state index in [1.807, 2.05) is 60.6 Å². The summed E-state index contributed by atoms with van der Waals surface area (Å²) in [6.07, 6.45) is 2.27. The molecular weight excluding hydrogens is 650 g/mol. The molecule has 2 fully saturated rings. The number of ether oxygens (including phenoxy) is 1. The molecule has 0 atom stereocenters. The number of rotatable bonds is 12. The first-order valence-electron chi connectivity index (χ1n) is 16.8. The highest BCUT2D eigenvalue weighted by Gasteiger charge is 2.37. The minimum Gasteiger partial charge on any atom is -0.494 e. The fourth-order valence-electron chi connectivity index (χ4n) is 6.00. The first-order valence-corrected chi connectivity index (χ1v) is 20.0. The van der Waals surface area contributed by atoms with Crippen LogP contribution in [-0.4, -0.2) is 61.6 Å². The fraction of sp³-hybridized carbons (Fsp3) is 0.514. The van der Waals surface area contributed by atoms with Crippen LogP contribution in [0.1, 0.15) is 83.9 Å². The number of benzene rings is 3. The van der Waals surface area contributed by atoms with Crippen LogP contribution in [0.25, 0.3) is 11.1 Å². The van der Waals surface area contributed by atoms with Gasteiger partial charge in [0.1, 0.15) is 11.6 Å². The van der Waals surface area contributed by atoms with E-state index in [0.29, 0.717) is 56.1 Å². The highest BCUT2D eigenvalue weighted by Crippen LogP contribution is 2.53. The third-order valence-electron chi connectivity index (χ3n) is 8.21. The second-order valence-corrected chi connectivity index (χ2v) is 18.6. The molecule has 2 aliphatic rings. The Morgan fingerprint density at radius 1 is 0.854 bits per heavy atom. The molecule has 1 heterocycles. The lowest BCUT2D eigenvalue weighted by molar-refractivity contribution is 0.0548. The molecule has 0 aromatic heterocycles. The van der Waals surface area contributed by atoms with Crippen molar-refractivity contribution in [3.8, 4) is 16.9 Å². The maximum Gasteiger partial charge on any atom is 0.362 e. The Balaban J connectivity index is 1.25. The van der Waals surface area contributed by atoms with Crippen molar-refractivity contribution in [2.75, 3.05) is 32.8 Å². The molecule has 1 saturated carbocycles. The summed E-state index contributed by atoms with van der Waals surface area (Å²) in [5.74, 6) is 0.888. The third kappa shape index (κ3) is 9.55. The Morgan fingerprint density at radius 2 is 1.44 bits per heavy atom. The van der Waals surface area contributed by atoms with Crippen LogP contribution < -0.4 is 10.0 Å². The lowest BCUT2D eigenvalue weighted by atomic mass is 9.93. The van der Waals surface area contributed by atoms with Gasteiger partial charge < -0.3 is 4.74 Å². The Hall–Kier alpha value is -2.59. The molecule has 0 amide bonds. The number of halogens is 1. The van der Waals surface area contributed by atoms with Gasteiger partial charge in [0, 0.05) is 38.3 Å². The normalized spacial score (nSPS) is 17.1. The second kappa shape index (κ2) is 14.3. The average molecular weight is 701 g/mol. The van der Waals surface area contributed by atoms with E-state index in [9.17, 15) is 17.4 Å². The van der Waals surface area contributed by atoms with Crippen molar-refractivity contribution in [1.29, 1.82) is 0 Å². The highest BCUT2D eigenvalue weighted by atomic mass is 32.2. The largest absolute Gasteiger partial charge is 0.494 e. The Labute approximate surface area is 286 Å². The van der Waals surface area contributed by atoms with E-state index in [4.69, 9.17) is 13.8 Å². The van der Waals surface area contributed by atoms with Crippen LogP contribution in [0.4, 0.5) is 4.39 Å². The molecule has 48 heavy (non-hydrogen) atoms. The van der Waals surface area contributed by atoms with Gasteiger partial charge in [-0.25, -0.2) is 12.8 Å². The van der Waals surface area contributed by atoms with Crippen molar-refractivity contribution in [2.45, 2.75) is 90.7 Å². The summed E-state index contributed by atoms with van der Waals surface area (Å²) in [6, 6.07) is 17.6. The molecule has 11 heteroatoms. The molecule has 0 unspecified atom stereocenters. The van der Waals surface area contributed by atoms with Crippen LogP contribution in [0.5, 0.6) is 5.75 Å². The number of piperazine rings is 1. The maximum atomic E-state index is 13.9. The minimum atomic E-state index is -3.67. The van der Waals surface area contributed by atoms with Crippen LogP contribution in [-0.2, 0) is 35.9 Å². The number of hydrogen-bond donors (Lipinski definition) is 0. The molecule has 5 rings (SSSR count). The first kappa shape index (κ1) is 36.7. The van der Waals surface area contributed by atoms with Gasteiger partial charge in [-0.15, -0.1) is 0 Å². The van der Waals surface area contributed by atoms with Crippen molar-refractivity contribution in [3.05, 3.63) is 83.2 Å². The Bertz CT molecular complexity index is 1700. The molecule has 262 valence electrons. The van der Waals surface area contributed by atoms with Crippen molar-refractivity contribution < 1.29 is 31.2 Å². The fourth-order valence-corrected chi connectivity index (χ4v) is 9.72. The standard InChI is InChI=1S/C37H50FN2O6PS/c1-8-44-35-24-34(29-13-15-31(38)16-14-29)33(28-11-12-28)23-30(35)25-39-19-21-40(22-20-39)48(42,43)26-27-9-17-32(18-10-27)47(41,45-36(2,3)4)46-37(5,6)7/h9-10,13-18,23-24,28H,8,11-12,19-22,25-26H2,1-7H3. The van der Waals surface area contributed by atoms with E-state index in [1.54, 1.807) is 28.6 Å². The number of sulfonamides is 1.